The largest absolute Gasteiger partial charge is 0.481 e. The number of ether oxygens (including phenoxy) is 1. The summed E-state index contributed by atoms with van der Waals surface area (Å²) in [7, 11) is -3.70. The number of nitrogens with zero attached hydrogens (tertiary/aromatic N) is 1. The van der Waals surface area contributed by atoms with Crippen LogP contribution in [0.1, 0.15) is 26.3 Å². The predicted octanol–water partition coefficient (Wildman–Crippen LogP) is 1.43. The molecular weight excluding hydrogens is 320 g/mol. The maximum absolute atomic E-state index is 12.4. The van der Waals surface area contributed by atoms with Gasteiger partial charge in [-0.1, -0.05) is 12.1 Å². The van der Waals surface area contributed by atoms with Crippen LogP contribution in [0.25, 0.3) is 0 Å². The Kier molecular flexibility index (Phi) is 4.98. The molecule has 128 valence electrons. The van der Waals surface area contributed by atoms with Gasteiger partial charge in [0.15, 0.2) is 0 Å². The molecule has 1 fully saturated rings. The van der Waals surface area contributed by atoms with Crippen molar-refractivity contribution in [1.82, 2.24) is 4.31 Å². The van der Waals surface area contributed by atoms with Gasteiger partial charge in [-0.2, -0.15) is 12.7 Å². The third-order valence-corrected chi connectivity index (χ3v) is 5.41. The number of aliphatic carboxylic acids is 1. The monoisotopic (exact) mass is 342 g/mol. The lowest BCUT2D eigenvalue weighted by molar-refractivity contribution is -0.142. The van der Waals surface area contributed by atoms with Crippen molar-refractivity contribution in [2.45, 2.75) is 32.3 Å². The molecule has 1 aliphatic rings. The summed E-state index contributed by atoms with van der Waals surface area (Å²) in [5, 5.41) is 9.29. The summed E-state index contributed by atoms with van der Waals surface area (Å²) in [6, 6.07) is 6.46. The van der Waals surface area contributed by atoms with Gasteiger partial charge >= 0.3 is 16.2 Å². The van der Waals surface area contributed by atoms with E-state index in [0.29, 0.717) is 24.4 Å². The Balaban J connectivity index is 2.21. The molecular formula is C15H22N2O5S. The van der Waals surface area contributed by atoms with E-state index in [1.165, 1.54) is 4.31 Å². The third kappa shape index (κ3) is 4.01. The van der Waals surface area contributed by atoms with Gasteiger partial charge in [-0.15, -0.1) is 0 Å². The highest BCUT2D eigenvalue weighted by atomic mass is 32.2. The molecule has 0 saturated carbocycles. The van der Waals surface area contributed by atoms with Crippen LogP contribution in [-0.2, 0) is 25.2 Å². The van der Waals surface area contributed by atoms with Crippen molar-refractivity contribution in [3.05, 3.63) is 29.8 Å². The zero-order valence-corrected chi connectivity index (χ0v) is 14.3. The predicted molar refractivity (Wildman–Crippen MR) is 86.6 cm³/mol. The fourth-order valence-electron chi connectivity index (χ4n) is 2.31. The molecule has 0 aliphatic carbocycles. The molecule has 8 heteroatoms. The molecule has 1 aromatic rings. The van der Waals surface area contributed by atoms with Crippen LogP contribution < -0.4 is 4.72 Å². The van der Waals surface area contributed by atoms with Crippen LogP contribution in [0.5, 0.6) is 0 Å². The molecule has 0 aromatic heterocycles. The summed E-state index contributed by atoms with van der Waals surface area (Å²) in [4.78, 5) is 11.3. The van der Waals surface area contributed by atoms with Crippen molar-refractivity contribution < 1.29 is 23.1 Å². The summed E-state index contributed by atoms with van der Waals surface area (Å²) in [5.41, 5.74) is -0.230. The highest BCUT2D eigenvalue weighted by molar-refractivity contribution is 7.90. The molecule has 2 N–H and O–H groups in total. The highest BCUT2D eigenvalue weighted by Gasteiger charge is 2.31. The molecule has 0 radical (unpaired) electrons. The molecule has 1 heterocycles. The Labute approximate surface area is 136 Å². The molecule has 1 unspecified atom stereocenters. The smallest absolute Gasteiger partial charge is 0.313 e. The van der Waals surface area contributed by atoms with Gasteiger partial charge in [0, 0.05) is 13.1 Å². The van der Waals surface area contributed by atoms with Gasteiger partial charge in [-0.25, -0.2) is 0 Å². The van der Waals surface area contributed by atoms with Gasteiger partial charge in [0.2, 0.25) is 0 Å². The molecule has 1 aliphatic heterocycles. The van der Waals surface area contributed by atoms with Crippen molar-refractivity contribution in [3.63, 3.8) is 0 Å². The third-order valence-electron chi connectivity index (χ3n) is 3.91. The van der Waals surface area contributed by atoms with Gasteiger partial charge in [0.1, 0.15) is 0 Å². The number of carboxylic acid groups (broad SMARTS) is 1. The van der Waals surface area contributed by atoms with E-state index in [-0.39, 0.29) is 12.6 Å². The number of benzene rings is 1. The lowest BCUT2D eigenvalue weighted by Crippen LogP contribution is -2.46. The van der Waals surface area contributed by atoms with E-state index in [0.717, 1.165) is 0 Å². The summed E-state index contributed by atoms with van der Waals surface area (Å²) in [6.07, 6.45) is -0.155. The number of carboxylic acids is 1. The lowest BCUT2D eigenvalue weighted by atomic mass is 9.85. The van der Waals surface area contributed by atoms with E-state index in [1.54, 1.807) is 38.1 Å². The van der Waals surface area contributed by atoms with Crippen LogP contribution in [0.4, 0.5) is 5.69 Å². The molecule has 2 rings (SSSR count). The maximum Gasteiger partial charge on any atom is 0.313 e. The Hall–Kier alpha value is -1.64. The summed E-state index contributed by atoms with van der Waals surface area (Å²) < 4.78 is 34.1. The number of carbonyl (C=O) groups is 1. The lowest BCUT2D eigenvalue weighted by Gasteiger charge is -2.30. The van der Waals surface area contributed by atoms with E-state index in [2.05, 4.69) is 4.72 Å². The van der Waals surface area contributed by atoms with Crippen LogP contribution in [-0.4, -0.2) is 49.6 Å². The van der Waals surface area contributed by atoms with Crippen molar-refractivity contribution in [1.29, 1.82) is 0 Å². The topological polar surface area (TPSA) is 95.9 Å². The molecule has 7 nitrogen and oxygen atoms in total. The quantitative estimate of drug-likeness (QED) is 0.844. The normalized spacial score (nSPS) is 20.2. The minimum Gasteiger partial charge on any atom is -0.481 e. The van der Waals surface area contributed by atoms with Gasteiger partial charge in [-0.3, -0.25) is 9.52 Å². The maximum atomic E-state index is 12.4. The molecule has 1 saturated heterocycles. The van der Waals surface area contributed by atoms with E-state index >= 15 is 0 Å². The van der Waals surface area contributed by atoms with E-state index in [4.69, 9.17) is 4.74 Å². The Morgan fingerprint density at radius 3 is 2.74 bits per heavy atom. The van der Waals surface area contributed by atoms with Crippen molar-refractivity contribution in [3.8, 4) is 0 Å². The van der Waals surface area contributed by atoms with E-state index < -0.39 is 21.6 Å². The first-order valence-corrected chi connectivity index (χ1v) is 8.80. The number of anilines is 1. The van der Waals surface area contributed by atoms with Crippen LogP contribution in [0.2, 0.25) is 0 Å². The summed E-state index contributed by atoms with van der Waals surface area (Å²) in [6.45, 7) is 5.90. The first-order valence-electron chi connectivity index (χ1n) is 7.36. The SMILES string of the molecule is CC1CN(S(=O)(=O)Nc2cccc(C(C)(C)C(=O)O)c2)CCO1. The van der Waals surface area contributed by atoms with Crippen molar-refractivity contribution >= 4 is 21.9 Å². The van der Waals surface area contributed by atoms with Gasteiger partial charge < -0.3 is 9.84 Å². The molecule has 1 atom stereocenters. The molecule has 1 aromatic carbocycles. The second kappa shape index (κ2) is 6.46. The number of hydrogen-bond donors (Lipinski definition) is 2. The van der Waals surface area contributed by atoms with Crippen molar-refractivity contribution in [2.75, 3.05) is 24.4 Å². The number of morpholine rings is 1. The van der Waals surface area contributed by atoms with Crippen LogP contribution in [0.3, 0.4) is 0 Å². The van der Waals surface area contributed by atoms with Gasteiger partial charge in [0.25, 0.3) is 0 Å². The van der Waals surface area contributed by atoms with Crippen molar-refractivity contribution in [2.24, 2.45) is 0 Å². The molecule has 0 bridgehead atoms. The van der Waals surface area contributed by atoms with Gasteiger partial charge in [0.05, 0.1) is 23.8 Å². The Morgan fingerprint density at radius 2 is 2.13 bits per heavy atom. The molecule has 23 heavy (non-hydrogen) atoms. The molecule has 0 amide bonds. The highest BCUT2D eigenvalue weighted by Crippen LogP contribution is 2.26. The zero-order valence-electron chi connectivity index (χ0n) is 13.4. The van der Waals surface area contributed by atoms with Crippen LogP contribution >= 0.6 is 0 Å². The standard InChI is InChI=1S/C15H22N2O5S/c1-11-10-17(7-8-22-11)23(20,21)16-13-6-4-5-12(9-13)15(2,3)14(18)19/h4-6,9,11,16H,7-8,10H2,1-3H3,(H,18,19). The fraction of sp³-hybridized carbons (Fsp3) is 0.533. The second-order valence-corrected chi connectivity index (χ2v) is 7.83. The number of rotatable bonds is 5. The average Bonchev–Trinajstić information content (AvgIpc) is 2.47. The van der Waals surface area contributed by atoms with Crippen LogP contribution in [0.15, 0.2) is 24.3 Å². The van der Waals surface area contributed by atoms with Gasteiger partial charge in [-0.05, 0) is 38.5 Å². The van der Waals surface area contributed by atoms with E-state index in [9.17, 15) is 18.3 Å². The first-order chi connectivity index (χ1) is 10.6. The fourth-order valence-corrected chi connectivity index (χ4v) is 3.59. The minimum absolute atomic E-state index is 0.155. The number of hydrogen-bond acceptors (Lipinski definition) is 4. The second-order valence-electron chi connectivity index (χ2n) is 6.16. The Bertz CT molecular complexity index is 687. The summed E-state index contributed by atoms with van der Waals surface area (Å²) in [5.74, 6) is -0.973. The summed E-state index contributed by atoms with van der Waals surface area (Å²) >= 11 is 0. The average molecular weight is 342 g/mol. The zero-order chi connectivity index (χ0) is 17.3. The first kappa shape index (κ1) is 17.7. The minimum atomic E-state index is -3.70. The van der Waals surface area contributed by atoms with Crippen LogP contribution in [0, 0.1) is 0 Å². The Morgan fingerprint density at radius 1 is 1.43 bits per heavy atom. The van der Waals surface area contributed by atoms with E-state index in [1.807, 2.05) is 6.92 Å². The number of nitrogens with one attached hydrogen (secondary N) is 1. The molecule has 0 spiro atoms.